The van der Waals surface area contributed by atoms with Crippen LogP contribution in [0.3, 0.4) is 0 Å². The third-order valence-electron chi connectivity index (χ3n) is 6.05. The predicted octanol–water partition coefficient (Wildman–Crippen LogP) is 3.98. The van der Waals surface area contributed by atoms with E-state index < -0.39 is 0 Å². The maximum absolute atomic E-state index is 12.6. The number of carbonyl (C=O) groups is 3. The molecule has 1 fully saturated rings. The number of hydrogen-bond acceptors (Lipinski definition) is 3. The Morgan fingerprint density at radius 3 is 2.04 bits per heavy atom. The van der Waals surface area contributed by atoms with Crippen LogP contribution in [0, 0.1) is 0 Å². The van der Waals surface area contributed by atoms with Crippen molar-refractivity contribution in [2.75, 3.05) is 13.1 Å². The molecule has 4 heteroatoms. The van der Waals surface area contributed by atoms with E-state index >= 15 is 0 Å². The Bertz CT molecular complexity index is 852. The van der Waals surface area contributed by atoms with Gasteiger partial charge in [0.15, 0.2) is 11.6 Å². The van der Waals surface area contributed by atoms with Crippen molar-refractivity contribution in [1.82, 2.24) is 4.90 Å². The van der Waals surface area contributed by atoms with Crippen molar-refractivity contribution in [3.8, 4) is 0 Å². The van der Waals surface area contributed by atoms with Crippen LogP contribution in [0.5, 0.6) is 0 Å². The van der Waals surface area contributed by atoms with Crippen LogP contribution in [0.2, 0.25) is 0 Å². The summed E-state index contributed by atoms with van der Waals surface area (Å²) in [6, 6.07) is 8.05. The summed E-state index contributed by atoms with van der Waals surface area (Å²) >= 11 is 0. The summed E-state index contributed by atoms with van der Waals surface area (Å²) in [7, 11) is 0. The van der Waals surface area contributed by atoms with Gasteiger partial charge in [0.05, 0.1) is 0 Å². The zero-order chi connectivity index (χ0) is 20.3. The molecule has 0 radical (unpaired) electrons. The molecule has 1 saturated heterocycles. The first kappa shape index (κ1) is 20.2. The number of aryl methyl sites for hydroxylation is 1. The molecule has 1 aliphatic heterocycles. The lowest BCUT2D eigenvalue weighted by Crippen LogP contribution is -2.35. The highest BCUT2D eigenvalue weighted by Crippen LogP contribution is 2.26. The van der Waals surface area contributed by atoms with Gasteiger partial charge in [-0.1, -0.05) is 24.3 Å². The number of rotatable bonds is 5. The molecular formula is C24H29NO3. The Morgan fingerprint density at radius 1 is 0.821 bits per heavy atom. The first-order chi connectivity index (χ1) is 13.4. The number of benzene rings is 1. The standard InChI is InChI=1S/C24H29NO3/c1-16-17(2)24(28)21(18(3)23(16)27)15-20-9-7-19(8-10-20)11-12-22(26)25-13-5-4-6-14-25/h7-10H,4-6,11-15H2,1-3H3. The van der Waals surface area contributed by atoms with Gasteiger partial charge in [-0.05, 0) is 57.6 Å². The number of ketones is 2. The van der Waals surface area contributed by atoms with Crippen molar-refractivity contribution in [2.24, 2.45) is 0 Å². The fraction of sp³-hybridized carbons (Fsp3) is 0.458. The van der Waals surface area contributed by atoms with Gasteiger partial charge in [0.25, 0.3) is 0 Å². The second-order valence-electron chi connectivity index (χ2n) is 7.95. The van der Waals surface area contributed by atoms with Crippen molar-refractivity contribution in [3.05, 3.63) is 57.7 Å². The highest BCUT2D eigenvalue weighted by Gasteiger charge is 2.27. The molecule has 0 atom stereocenters. The molecule has 3 rings (SSSR count). The summed E-state index contributed by atoms with van der Waals surface area (Å²) in [5, 5.41) is 0. The van der Waals surface area contributed by atoms with Crippen molar-refractivity contribution in [1.29, 1.82) is 0 Å². The van der Waals surface area contributed by atoms with E-state index in [1.54, 1.807) is 20.8 Å². The Morgan fingerprint density at radius 2 is 1.39 bits per heavy atom. The number of nitrogens with zero attached hydrogens (tertiary/aromatic N) is 1. The average Bonchev–Trinajstić information content (AvgIpc) is 2.73. The summed E-state index contributed by atoms with van der Waals surface area (Å²) < 4.78 is 0. The van der Waals surface area contributed by atoms with Crippen LogP contribution >= 0.6 is 0 Å². The van der Waals surface area contributed by atoms with E-state index in [4.69, 9.17) is 0 Å². The highest BCUT2D eigenvalue weighted by molar-refractivity contribution is 6.24. The minimum atomic E-state index is -0.0278. The quantitative estimate of drug-likeness (QED) is 0.727. The third-order valence-corrected chi connectivity index (χ3v) is 6.05. The zero-order valence-electron chi connectivity index (χ0n) is 17.1. The molecule has 0 aromatic heterocycles. The van der Waals surface area contributed by atoms with E-state index in [0.717, 1.165) is 43.5 Å². The van der Waals surface area contributed by atoms with E-state index in [9.17, 15) is 14.4 Å². The van der Waals surface area contributed by atoms with Crippen molar-refractivity contribution in [2.45, 2.75) is 59.3 Å². The summed E-state index contributed by atoms with van der Waals surface area (Å²) in [6.07, 6.45) is 5.20. The Balaban J connectivity index is 1.61. The molecule has 1 heterocycles. The van der Waals surface area contributed by atoms with Crippen LogP contribution < -0.4 is 0 Å². The molecule has 148 valence electrons. The molecule has 28 heavy (non-hydrogen) atoms. The molecule has 2 aliphatic rings. The number of allylic oxidation sites excluding steroid dienone is 4. The first-order valence-corrected chi connectivity index (χ1v) is 10.2. The Hall–Kier alpha value is -2.49. The smallest absolute Gasteiger partial charge is 0.222 e. The molecule has 4 nitrogen and oxygen atoms in total. The van der Waals surface area contributed by atoms with Crippen LogP contribution in [-0.2, 0) is 27.2 Å². The molecule has 1 amide bonds. The molecular weight excluding hydrogens is 350 g/mol. The van der Waals surface area contributed by atoms with Gasteiger partial charge >= 0.3 is 0 Å². The van der Waals surface area contributed by atoms with Crippen molar-refractivity contribution < 1.29 is 14.4 Å². The van der Waals surface area contributed by atoms with Crippen LogP contribution in [0.4, 0.5) is 0 Å². The summed E-state index contributed by atoms with van der Waals surface area (Å²) in [5.74, 6) is 0.194. The Labute approximate surface area is 167 Å². The van der Waals surface area contributed by atoms with Crippen LogP contribution in [-0.4, -0.2) is 35.5 Å². The number of piperidine rings is 1. The predicted molar refractivity (Wildman–Crippen MR) is 110 cm³/mol. The van der Waals surface area contributed by atoms with E-state index in [1.165, 1.54) is 6.42 Å². The van der Waals surface area contributed by atoms with Gasteiger partial charge in [0, 0.05) is 48.2 Å². The SMILES string of the molecule is CC1=C(C)C(=O)C(Cc2ccc(CCC(=O)N3CCCCC3)cc2)=C(C)C1=O. The number of Topliss-reactive ketones (excluding diaryl/α,β-unsaturated/α-hetero) is 2. The van der Waals surface area contributed by atoms with Gasteiger partial charge in [-0.15, -0.1) is 0 Å². The van der Waals surface area contributed by atoms with Gasteiger partial charge in [0.2, 0.25) is 5.91 Å². The van der Waals surface area contributed by atoms with Gasteiger partial charge in [-0.2, -0.15) is 0 Å². The fourth-order valence-corrected chi connectivity index (χ4v) is 3.95. The van der Waals surface area contributed by atoms with Gasteiger partial charge < -0.3 is 4.90 Å². The second-order valence-corrected chi connectivity index (χ2v) is 7.95. The molecule has 1 aromatic rings. The number of likely N-dealkylation sites (tertiary alicyclic amines) is 1. The van der Waals surface area contributed by atoms with Crippen LogP contribution in [0.15, 0.2) is 46.6 Å². The molecule has 0 saturated carbocycles. The van der Waals surface area contributed by atoms with E-state index in [1.807, 2.05) is 29.2 Å². The molecule has 1 aromatic carbocycles. The summed E-state index contributed by atoms with van der Waals surface area (Å²) in [5.41, 5.74) is 4.40. The summed E-state index contributed by atoms with van der Waals surface area (Å²) in [6.45, 7) is 6.98. The van der Waals surface area contributed by atoms with E-state index in [0.29, 0.717) is 35.1 Å². The largest absolute Gasteiger partial charge is 0.343 e. The molecule has 0 N–H and O–H groups in total. The first-order valence-electron chi connectivity index (χ1n) is 10.2. The minimum absolute atomic E-state index is 0.0224. The van der Waals surface area contributed by atoms with E-state index in [-0.39, 0.29) is 17.5 Å². The van der Waals surface area contributed by atoms with Crippen LogP contribution in [0.25, 0.3) is 0 Å². The lowest BCUT2D eigenvalue weighted by molar-refractivity contribution is -0.132. The highest BCUT2D eigenvalue weighted by atomic mass is 16.2. The third kappa shape index (κ3) is 4.32. The molecule has 1 aliphatic carbocycles. The topological polar surface area (TPSA) is 54.5 Å². The molecule has 0 unspecified atom stereocenters. The normalized spacial score (nSPS) is 18.2. The molecule has 0 spiro atoms. The maximum atomic E-state index is 12.6. The average molecular weight is 380 g/mol. The number of carbonyl (C=O) groups excluding carboxylic acids is 3. The van der Waals surface area contributed by atoms with Crippen molar-refractivity contribution >= 4 is 17.5 Å². The monoisotopic (exact) mass is 379 g/mol. The van der Waals surface area contributed by atoms with Gasteiger partial charge in [0.1, 0.15) is 0 Å². The maximum Gasteiger partial charge on any atom is 0.222 e. The van der Waals surface area contributed by atoms with Gasteiger partial charge in [-0.25, -0.2) is 0 Å². The van der Waals surface area contributed by atoms with E-state index in [2.05, 4.69) is 0 Å². The fourth-order valence-electron chi connectivity index (χ4n) is 3.95. The lowest BCUT2D eigenvalue weighted by atomic mass is 9.83. The zero-order valence-corrected chi connectivity index (χ0v) is 17.1. The minimum Gasteiger partial charge on any atom is -0.343 e. The second kappa shape index (κ2) is 8.68. The molecule has 0 bridgehead atoms. The summed E-state index contributed by atoms with van der Waals surface area (Å²) in [4.78, 5) is 39.2. The van der Waals surface area contributed by atoms with Gasteiger partial charge in [-0.3, -0.25) is 14.4 Å². The van der Waals surface area contributed by atoms with Crippen LogP contribution in [0.1, 0.15) is 57.6 Å². The number of amides is 1. The van der Waals surface area contributed by atoms with Crippen molar-refractivity contribution in [3.63, 3.8) is 0 Å². The lowest BCUT2D eigenvalue weighted by Gasteiger charge is -2.26. The Kier molecular flexibility index (Phi) is 6.28. The number of hydrogen-bond donors (Lipinski definition) is 0.